The van der Waals surface area contributed by atoms with Crippen molar-refractivity contribution in [2.24, 2.45) is 0 Å². The van der Waals surface area contributed by atoms with E-state index in [9.17, 15) is 0 Å². The molecule has 0 aliphatic heterocycles. The van der Waals surface area contributed by atoms with Gasteiger partial charge in [0.25, 0.3) is 0 Å². The fourth-order valence-electron chi connectivity index (χ4n) is 3.17. The zero-order valence-corrected chi connectivity index (χ0v) is 17.1. The Morgan fingerprint density at radius 1 is 1.18 bits per heavy atom. The van der Waals surface area contributed by atoms with Gasteiger partial charge >= 0.3 is 0 Å². The van der Waals surface area contributed by atoms with Gasteiger partial charge in [0, 0.05) is 18.5 Å². The number of benzene rings is 1. The van der Waals surface area contributed by atoms with Gasteiger partial charge < -0.3 is 14.0 Å². The summed E-state index contributed by atoms with van der Waals surface area (Å²) < 4.78 is 7.38. The lowest BCUT2D eigenvalue weighted by atomic mass is 10.1. The fraction of sp³-hybridized carbons (Fsp3) is 0.286. The zero-order valence-electron chi connectivity index (χ0n) is 16.3. The summed E-state index contributed by atoms with van der Waals surface area (Å²) in [4.78, 5) is 12.5. The number of aromatic nitrogens is 4. The van der Waals surface area contributed by atoms with Crippen molar-refractivity contribution in [3.63, 3.8) is 0 Å². The van der Waals surface area contributed by atoms with Crippen molar-refractivity contribution >= 4 is 11.3 Å². The second kappa shape index (κ2) is 8.08. The minimum absolute atomic E-state index is 0.527. The molecule has 0 fully saturated rings. The van der Waals surface area contributed by atoms with Gasteiger partial charge in [-0.2, -0.15) is 4.98 Å². The standard InChI is InChI=1S/C21H23N5OS/c1-4-19-23-18(24-27-19)12-26-14-22-20(16-8-6-5-7-9-16)21(26)17-10-15(13-28-17)11-25(2)3/h5-10,13-14H,4,11-12H2,1-3H3. The monoisotopic (exact) mass is 393 g/mol. The Labute approximate surface area is 168 Å². The number of rotatable bonds is 7. The third-order valence-corrected chi connectivity index (χ3v) is 5.38. The minimum atomic E-state index is 0.527. The maximum atomic E-state index is 5.27. The van der Waals surface area contributed by atoms with E-state index in [1.54, 1.807) is 11.3 Å². The number of aryl methyl sites for hydroxylation is 1. The molecule has 28 heavy (non-hydrogen) atoms. The van der Waals surface area contributed by atoms with Crippen LogP contribution in [0.5, 0.6) is 0 Å². The van der Waals surface area contributed by atoms with Crippen molar-refractivity contribution in [1.82, 2.24) is 24.6 Å². The summed E-state index contributed by atoms with van der Waals surface area (Å²) in [5.41, 5.74) is 4.45. The number of hydrogen-bond acceptors (Lipinski definition) is 6. The maximum Gasteiger partial charge on any atom is 0.226 e. The molecule has 7 heteroatoms. The summed E-state index contributed by atoms with van der Waals surface area (Å²) in [5, 5.41) is 6.32. The van der Waals surface area contributed by atoms with Gasteiger partial charge in [0.05, 0.1) is 29.1 Å². The molecule has 0 saturated heterocycles. The molecule has 0 bridgehead atoms. The van der Waals surface area contributed by atoms with Crippen LogP contribution in [0.1, 0.15) is 24.2 Å². The summed E-state index contributed by atoms with van der Waals surface area (Å²) >= 11 is 1.74. The predicted molar refractivity (Wildman–Crippen MR) is 111 cm³/mol. The van der Waals surface area contributed by atoms with Gasteiger partial charge in [0.2, 0.25) is 5.89 Å². The zero-order chi connectivity index (χ0) is 19.5. The first-order chi connectivity index (χ1) is 13.6. The lowest BCUT2D eigenvalue weighted by Gasteiger charge is -2.08. The topological polar surface area (TPSA) is 60.0 Å². The molecule has 0 atom stereocenters. The van der Waals surface area contributed by atoms with Crippen LogP contribution < -0.4 is 0 Å². The summed E-state index contributed by atoms with van der Waals surface area (Å²) in [7, 11) is 4.16. The van der Waals surface area contributed by atoms with Gasteiger partial charge in [-0.05, 0) is 31.1 Å². The van der Waals surface area contributed by atoms with Crippen LogP contribution in [0.25, 0.3) is 21.8 Å². The van der Waals surface area contributed by atoms with Crippen molar-refractivity contribution < 1.29 is 4.52 Å². The Morgan fingerprint density at radius 2 is 2.00 bits per heavy atom. The Morgan fingerprint density at radius 3 is 2.71 bits per heavy atom. The van der Waals surface area contributed by atoms with Gasteiger partial charge in [0.1, 0.15) is 0 Å². The minimum Gasteiger partial charge on any atom is -0.339 e. The van der Waals surface area contributed by atoms with E-state index in [4.69, 9.17) is 9.51 Å². The number of imidazole rings is 1. The van der Waals surface area contributed by atoms with E-state index in [-0.39, 0.29) is 0 Å². The largest absolute Gasteiger partial charge is 0.339 e. The van der Waals surface area contributed by atoms with Gasteiger partial charge in [-0.15, -0.1) is 11.3 Å². The first kappa shape index (κ1) is 18.6. The van der Waals surface area contributed by atoms with Crippen molar-refractivity contribution in [2.45, 2.75) is 26.4 Å². The molecule has 0 amide bonds. The van der Waals surface area contributed by atoms with Gasteiger partial charge in [-0.25, -0.2) is 4.98 Å². The molecule has 3 heterocycles. The average Bonchev–Trinajstić information content (AvgIpc) is 3.42. The molecule has 3 aromatic heterocycles. The third kappa shape index (κ3) is 3.90. The van der Waals surface area contributed by atoms with Crippen LogP contribution in [0.4, 0.5) is 0 Å². The highest BCUT2D eigenvalue weighted by Gasteiger charge is 2.18. The highest BCUT2D eigenvalue weighted by atomic mass is 32.1. The van der Waals surface area contributed by atoms with Crippen molar-refractivity contribution in [3.8, 4) is 21.8 Å². The van der Waals surface area contributed by atoms with Crippen molar-refractivity contribution in [1.29, 1.82) is 0 Å². The van der Waals surface area contributed by atoms with Gasteiger partial charge in [-0.3, -0.25) is 0 Å². The van der Waals surface area contributed by atoms with E-state index in [1.807, 2.05) is 31.5 Å². The van der Waals surface area contributed by atoms with Crippen LogP contribution in [-0.4, -0.2) is 38.7 Å². The van der Waals surface area contributed by atoms with Crippen LogP contribution in [0.2, 0.25) is 0 Å². The van der Waals surface area contributed by atoms with Crippen LogP contribution in [-0.2, 0) is 19.5 Å². The second-order valence-electron chi connectivity index (χ2n) is 6.95. The SMILES string of the molecule is CCc1nc(Cn2cnc(-c3ccccc3)c2-c2cc(CN(C)C)cs2)no1. The number of thiophene rings is 1. The van der Waals surface area contributed by atoms with E-state index < -0.39 is 0 Å². The summed E-state index contributed by atoms with van der Waals surface area (Å²) in [6, 6.07) is 12.5. The first-order valence-corrected chi connectivity index (χ1v) is 10.2. The molecule has 0 N–H and O–H groups in total. The lowest BCUT2D eigenvalue weighted by Crippen LogP contribution is -2.09. The summed E-state index contributed by atoms with van der Waals surface area (Å²) in [5.74, 6) is 1.32. The van der Waals surface area contributed by atoms with E-state index in [0.29, 0.717) is 18.3 Å². The highest BCUT2D eigenvalue weighted by Crippen LogP contribution is 2.35. The third-order valence-electron chi connectivity index (χ3n) is 4.40. The van der Waals surface area contributed by atoms with Crippen molar-refractivity contribution in [3.05, 3.63) is 65.4 Å². The molecule has 4 rings (SSSR count). The Hall–Kier alpha value is -2.77. The summed E-state index contributed by atoms with van der Waals surface area (Å²) in [6.45, 7) is 3.45. The molecule has 0 radical (unpaired) electrons. The normalized spacial score (nSPS) is 11.4. The van der Waals surface area contributed by atoms with Crippen LogP contribution >= 0.6 is 11.3 Å². The molecule has 4 aromatic rings. The molecular weight excluding hydrogens is 370 g/mol. The predicted octanol–water partition coefficient (Wildman–Crippen LogP) is 4.33. The Kier molecular flexibility index (Phi) is 5.36. The number of hydrogen-bond donors (Lipinski definition) is 0. The molecule has 0 aliphatic carbocycles. The van der Waals surface area contributed by atoms with Gasteiger partial charge in [0.15, 0.2) is 5.82 Å². The number of nitrogens with zero attached hydrogens (tertiary/aromatic N) is 5. The summed E-state index contributed by atoms with van der Waals surface area (Å²) in [6.07, 6.45) is 2.60. The van der Waals surface area contributed by atoms with Gasteiger partial charge in [-0.1, -0.05) is 42.4 Å². The molecule has 0 saturated carbocycles. The highest BCUT2D eigenvalue weighted by molar-refractivity contribution is 7.13. The van der Waals surface area contributed by atoms with Crippen molar-refractivity contribution in [2.75, 3.05) is 14.1 Å². The van der Waals surface area contributed by atoms with Crippen LogP contribution in [0.15, 0.2) is 52.6 Å². The average molecular weight is 394 g/mol. The smallest absolute Gasteiger partial charge is 0.226 e. The Balaban J connectivity index is 1.76. The van der Waals surface area contributed by atoms with E-state index >= 15 is 0 Å². The fourth-order valence-corrected chi connectivity index (χ4v) is 4.13. The van der Waals surface area contributed by atoms with E-state index in [1.165, 1.54) is 10.4 Å². The first-order valence-electron chi connectivity index (χ1n) is 9.28. The quantitative estimate of drug-likeness (QED) is 0.468. The lowest BCUT2D eigenvalue weighted by molar-refractivity contribution is 0.375. The molecule has 0 spiro atoms. The van der Waals surface area contributed by atoms with E-state index in [0.717, 1.165) is 29.9 Å². The van der Waals surface area contributed by atoms with E-state index in [2.05, 4.69) is 57.3 Å². The molecule has 6 nitrogen and oxygen atoms in total. The molecule has 0 unspecified atom stereocenters. The molecular formula is C21H23N5OS. The molecule has 144 valence electrons. The second-order valence-corrected chi connectivity index (χ2v) is 7.86. The Bertz CT molecular complexity index is 1050. The van der Waals surface area contributed by atoms with Crippen LogP contribution in [0, 0.1) is 0 Å². The molecule has 0 aliphatic rings. The maximum absolute atomic E-state index is 5.27. The van der Waals surface area contributed by atoms with Crippen LogP contribution in [0.3, 0.4) is 0 Å². The molecule has 1 aromatic carbocycles.